The van der Waals surface area contributed by atoms with Gasteiger partial charge in [0.25, 0.3) is 0 Å². The van der Waals surface area contributed by atoms with Gasteiger partial charge in [0.1, 0.15) is 12.0 Å². The molecule has 1 rings (SSSR count). The fourth-order valence-electron chi connectivity index (χ4n) is 1.33. The summed E-state index contributed by atoms with van der Waals surface area (Å²) in [6.07, 6.45) is 2.54. The van der Waals surface area contributed by atoms with Crippen LogP contribution in [0.25, 0.3) is 0 Å². The van der Waals surface area contributed by atoms with Crippen molar-refractivity contribution in [1.82, 2.24) is 5.16 Å². The van der Waals surface area contributed by atoms with E-state index in [-0.39, 0.29) is 18.2 Å². The summed E-state index contributed by atoms with van der Waals surface area (Å²) in [5, 5.41) is 15.1. The van der Waals surface area contributed by atoms with Crippen molar-refractivity contribution < 1.29 is 19.2 Å². The topological polar surface area (TPSA) is 92.4 Å². The first-order valence-corrected chi connectivity index (χ1v) is 5.29. The lowest BCUT2D eigenvalue weighted by Crippen LogP contribution is -2.37. The fraction of sp³-hybridized carbons (Fsp3) is 0.545. The number of amides is 1. The maximum atomic E-state index is 11.7. The lowest BCUT2D eigenvalue weighted by atomic mass is 9.76. The number of aromatic nitrogens is 1. The van der Waals surface area contributed by atoms with E-state index in [1.165, 1.54) is 12.5 Å². The van der Waals surface area contributed by atoms with Crippen LogP contribution in [0.2, 0.25) is 0 Å². The van der Waals surface area contributed by atoms with Crippen LogP contribution in [0.5, 0.6) is 0 Å². The van der Waals surface area contributed by atoms with Gasteiger partial charge in [-0.3, -0.25) is 9.59 Å². The number of anilines is 1. The Balaban J connectivity index is 2.69. The molecule has 17 heavy (non-hydrogen) atoms. The number of carbonyl (C=O) groups excluding carboxylic acids is 1. The molecule has 0 aliphatic rings. The largest absolute Gasteiger partial charge is 0.481 e. The van der Waals surface area contributed by atoms with Gasteiger partial charge in [0, 0.05) is 6.42 Å². The quantitative estimate of drug-likeness (QED) is 0.817. The number of aliphatic carboxylic acids is 1. The Hall–Kier alpha value is -1.85. The molecule has 1 aromatic heterocycles. The third-order valence-corrected chi connectivity index (χ3v) is 3.01. The van der Waals surface area contributed by atoms with Crippen LogP contribution in [0.1, 0.15) is 27.2 Å². The maximum absolute atomic E-state index is 11.7. The Morgan fingerprint density at radius 1 is 1.59 bits per heavy atom. The van der Waals surface area contributed by atoms with Gasteiger partial charge in [-0.15, -0.1) is 0 Å². The van der Waals surface area contributed by atoms with Gasteiger partial charge in [-0.2, -0.15) is 0 Å². The Labute approximate surface area is 99.0 Å². The van der Waals surface area contributed by atoms with Crippen LogP contribution in [0.4, 0.5) is 5.69 Å². The average molecular weight is 240 g/mol. The number of nitrogens with one attached hydrogen (secondary N) is 1. The maximum Gasteiger partial charge on any atom is 0.310 e. The molecule has 6 nitrogen and oxygen atoms in total. The van der Waals surface area contributed by atoms with E-state index in [1.54, 1.807) is 20.8 Å². The first-order valence-electron chi connectivity index (χ1n) is 5.29. The average Bonchev–Trinajstić information content (AvgIpc) is 2.69. The molecule has 0 aliphatic heterocycles. The first kappa shape index (κ1) is 13.2. The number of carbonyl (C=O) groups is 2. The number of hydrogen-bond acceptors (Lipinski definition) is 4. The molecule has 0 saturated carbocycles. The minimum absolute atomic E-state index is 0.0921. The molecule has 1 heterocycles. The summed E-state index contributed by atoms with van der Waals surface area (Å²) >= 11 is 0. The van der Waals surface area contributed by atoms with E-state index >= 15 is 0 Å². The van der Waals surface area contributed by atoms with Gasteiger partial charge < -0.3 is 14.9 Å². The minimum Gasteiger partial charge on any atom is -0.481 e. The van der Waals surface area contributed by atoms with E-state index in [2.05, 4.69) is 15.0 Å². The van der Waals surface area contributed by atoms with Crippen LogP contribution in [0, 0.1) is 11.3 Å². The van der Waals surface area contributed by atoms with Crippen LogP contribution in [0.15, 0.2) is 17.0 Å². The van der Waals surface area contributed by atoms with E-state index < -0.39 is 11.4 Å². The molecule has 0 saturated heterocycles. The third kappa shape index (κ3) is 3.05. The van der Waals surface area contributed by atoms with Gasteiger partial charge in [0.2, 0.25) is 5.91 Å². The third-order valence-electron chi connectivity index (χ3n) is 3.01. The van der Waals surface area contributed by atoms with Crippen molar-refractivity contribution in [3.63, 3.8) is 0 Å². The van der Waals surface area contributed by atoms with Crippen molar-refractivity contribution in [2.45, 2.75) is 27.2 Å². The molecular weight excluding hydrogens is 224 g/mol. The summed E-state index contributed by atoms with van der Waals surface area (Å²) in [5.41, 5.74) is -0.659. The van der Waals surface area contributed by atoms with Gasteiger partial charge in [0.05, 0.1) is 11.6 Å². The number of carboxylic acid groups (broad SMARTS) is 1. The van der Waals surface area contributed by atoms with Crippen LogP contribution in [-0.2, 0) is 9.59 Å². The highest BCUT2D eigenvalue weighted by Gasteiger charge is 2.38. The van der Waals surface area contributed by atoms with E-state index in [1.807, 2.05) is 0 Å². The molecule has 0 spiro atoms. The molecule has 2 N–H and O–H groups in total. The van der Waals surface area contributed by atoms with Gasteiger partial charge in [-0.25, -0.2) is 0 Å². The lowest BCUT2D eigenvalue weighted by molar-refractivity contribution is -0.153. The van der Waals surface area contributed by atoms with Gasteiger partial charge in [0.15, 0.2) is 0 Å². The summed E-state index contributed by atoms with van der Waals surface area (Å²) in [5.74, 6) is -1.49. The van der Waals surface area contributed by atoms with Crippen molar-refractivity contribution in [3.05, 3.63) is 12.5 Å². The zero-order chi connectivity index (χ0) is 13.1. The molecule has 94 valence electrons. The zero-order valence-corrected chi connectivity index (χ0v) is 10.1. The van der Waals surface area contributed by atoms with Crippen molar-refractivity contribution in [3.8, 4) is 0 Å². The van der Waals surface area contributed by atoms with Crippen molar-refractivity contribution in [2.75, 3.05) is 5.32 Å². The minimum atomic E-state index is -1.08. The highest BCUT2D eigenvalue weighted by molar-refractivity contribution is 5.93. The van der Waals surface area contributed by atoms with E-state index in [0.717, 1.165) is 0 Å². The predicted octanol–water partition coefficient (Wildman–Crippen LogP) is 1.75. The van der Waals surface area contributed by atoms with Crippen LogP contribution in [0.3, 0.4) is 0 Å². The van der Waals surface area contributed by atoms with E-state index in [0.29, 0.717) is 5.69 Å². The monoisotopic (exact) mass is 240 g/mol. The Morgan fingerprint density at radius 3 is 2.65 bits per heavy atom. The van der Waals surface area contributed by atoms with Crippen molar-refractivity contribution >= 4 is 17.6 Å². The van der Waals surface area contributed by atoms with Gasteiger partial charge in [-0.05, 0) is 12.8 Å². The predicted molar refractivity (Wildman–Crippen MR) is 60.3 cm³/mol. The highest BCUT2D eigenvalue weighted by atomic mass is 16.5. The summed E-state index contributed by atoms with van der Waals surface area (Å²) < 4.78 is 4.56. The van der Waals surface area contributed by atoms with E-state index in [4.69, 9.17) is 5.11 Å². The second-order valence-electron chi connectivity index (χ2n) is 4.52. The number of carboxylic acids is 1. The molecule has 1 amide bonds. The Morgan fingerprint density at radius 2 is 2.24 bits per heavy atom. The number of nitrogens with zero attached hydrogens (tertiary/aromatic N) is 1. The normalized spacial score (nSPS) is 14.4. The Kier molecular flexibility index (Phi) is 3.88. The van der Waals surface area contributed by atoms with Gasteiger partial charge >= 0.3 is 5.97 Å². The second-order valence-corrected chi connectivity index (χ2v) is 4.52. The van der Waals surface area contributed by atoms with Crippen LogP contribution in [-0.4, -0.2) is 22.1 Å². The summed E-state index contributed by atoms with van der Waals surface area (Å²) in [4.78, 5) is 22.9. The summed E-state index contributed by atoms with van der Waals surface area (Å²) in [6, 6.07) is 0. The molecule has 0 aromatic carbocycles. The number of hydrogen-bond donors (Lipinski definition) is 2. The molecular formula is C11H16N2O4. The van der Waals surface area contributed by atoms with E-state index in [9.17, 15) is 9.59 Å². The molecule has 0 aliphatic carbocycles. The molecule has 0 bridgehead atoms. The summed E-state index contributed by atoms with van der Waals surface area (Å²) in [6.45, 7) is 5.12. The highest BCUT2D eigenvalue weighted by Crippen LogP contribution is 2.31. The number of rotatable bonds is 5. The Bertz CT molecular complexity index is 400. The van der Waals surface area contributed by atoms with Gasteiger partial charge in [-0.1, -0.05) is 19.0 Å². The molecule has 6 heteroatoms. The standard InChI is InChI=1S/C11H16N2O4/c1-7(2)11(3,10(15)16)4-9(14)13-8-5-12-17-6-8/h5-7H,4H2,1-3H3,(H,13,14)(H,15,16). The second kappa shape index (κ2) is 4.99. The smallest absolute Gasteiger partial charge is 0.310 e. The summed E-state index contributed by atoms with van der Waals surface area (Å²) in [7, 11) is 0. The van der Waals surface area contributed by atoms with Crippen LogP contribution >= 0.6 is 0 Å². The SMILES string of the molecule is CC(C)C(C)(CC(=O)Nc1cnoc1)C(=O)O. The first-order chi connectivity index (χ1) is 7.86. The lowest BCUT2D eigenvalue weighted by Gasteiger charge is -2.28. The fourth-order valence-corrected chi connectivity index (χ4v) is 1.33. The molecule has 1 unspecified atom stereocenters. The van der Waals surface area contributed by atoms with Crippen molar-refractivity contribution in [2.24, 2.45) is 11.3 Å². The zero-order valence-electron chi connectivity index (χ0n) is 10.1. The molecule has 0 fully saturated rings. The molecule has 0 radical (unpaired) electrons. The molecule has 1 aromatic rings. The molecule has 1 atom stereocenters. The van der Waals surface area contributed by atoms with Crippen LogP contribution < -0.4 is 5.32 Å². The van der Waals surface area contributed by atoms with Crippen molar-refractivity contribution in [1.29, 1.82) is 0 Å².